The number of hydrogen-bond donors (Lipinski definition) is 1. The molecule has 37 heavy (non-hydrogen) atoms. The lowest BCUT2D eigenvalue weighted by Crippen LogP contribution is -2.36. The van der Waals surface area contributed by atoms with Crippen LogP contribution in [-0.2, 0) is 16.0 Å². The lowest BCUT2D eigenvalue weighted by atomic mass is 9.96. The Morgan fingerprint density at radius 2 is 1.70 bits per heavy atom. The van der Waals surface area contributed by atoms with Gasteiger partial charge in [0.05, 0.1) is 30.2 Å². The summed E-state index contributed by atoms with van der Waals surface area (Å²) in [7, 11) is 0. The number of carbonyl (C=O) groups is 1. The molecule has 3 heterocycles. The Labute approximate surface area is 212 Å². The minimum atomic E-state index is -0.914. The van der Waals surface area contributed by atoms with Crippen molar-refractivity contribution in [2.45, 2.75) is 12.6 Å². The van der Waals surface area contributed by atoms with Gasteiger partial charge in [0.15, 0.2) is 11.9 Å². The third kappa shape index (κ3) is 4.73. The zero-order valence-corrected chi connectivity index (χ0v) is 19.9. The second-order valence-electron chi connectivity index (χ2n) is 8.86. The number of carbonyl (C=O) groups excluding carboxylic acids is 1. The molecular weight excluding hydrogens is 473 g/mol. The van der Waals surface area contributed by atoms with Crippen molar-refractivity contribution in [3.8, 4) is 11.5 Å². The Bertz CT molecular complexity index is 1460. The Morgan fingerprint density at radius 1 is 0.919 bits per heavy atom. The Balaban J connectivity index is 1.32. The number of nitrogens with zero attached hydrogens (tertiary/aromatic N) is 4. The minimum absolute atomic E-state index is 0.0627. The van der Waals surface area contributed by atoms with Crippen LogP contribution in [0.2, 0.25) is 0 Å². The van der Waals surface area contributed by atoms with Crippen LogP contribution in [0.15, 0.2) is 82.2 Å². The van der Waals surface area contributed by atoms with Crippen LogP contribution in [0.3, 0.4) is 0 Å². The summed E-state index contributed by atoms with van der Waals surface area (Å²) in [5, 5.41) is 11.3. The van der Waals surface area contributed by atoms with E-state index in [0.717, 1.165) is 16.7 Å². The van der Waals surface area contributed by atoms with Crippen LogP contribution in [0.1, 0.15) is 16.7 Å². The molecule has 8 nitrogen and oxygen atoms in total. The summed E-state index contributed by atoms with van der Waals surface area (Å²) in [6.07, 6.45) is -0.698. The number of nitrogens with one attached hydrogen (secondary N) is 1. The normalized spacial score (nSPS) is 17.6. The second kappa shape index (κ2) is 9.94. The average molecular weight is 498 g/mol. The molecule has 3 aromatic carbocycles. The van der Waals surface area contributed by atoms with Crippen molar-refractivity contribution < 1.29 is 18.3 Å². The minimum Gasteiger partial charge on any atom is -0.403 e. The Kier molecular flexibility index (Phi) is 6.20. The number of rotatable bonds is 5. The van der Waals surface area contributed by atoms with E-state index in [0.29, 0.717) is 43.3 Å². The van der Waals surface area contributed by atoms with E-state index in [1.165, 1.54) is 12.1 Å². The lowest BCUT2D eigenvalue weighted by molar-refractivity contribution is -0.119. The summed E-state index contributed by atoms with van der Waals surface area (Å²) < 4.78 is 25.5. The van der Waals surface area contributed by atoms with Gasteiger partial charge in [-0.1, -0.05) is 59.7 Å². The fourth-order valence-electron chi connectivity index (χ4n) is 4.66. The Hall–Kier alpha value is -4.37. The van der Waals surface area contributed by atoms with E-state index in [4.69, 9.17) is 14.1 Å². The molecule has 4 aromatic rings. The van der Waals surface area contributed by atoms with Crippen LogP contribution in [0, 0.1) is 5.82 Å². The van der Waals surface area contributed by atoms with Gasteiger partial charge >= 0.3 is 6.01 Å². The van der Waals surface area contributed by atoms with Crippen LogP contribution >= 0.6 is 0 Å². The molecule has 2 aliphatic rings. The number of fused-ring (bicyclic) bond motifs is 1. The van der Waals surface area contributed by atoms with Crippen LogP contribution < -0.4 is 10.2 Å². The molecule has 0 radical (unpaired) electrons. The van der Waals surface area contributed by atoms with Crippen LogP contribution in [0.4, 0.5) is 16.1 Å². The molecule has 1 saturated heterocycles. The fourth-order valence-corrected chi connectivity index (χ4v) is 4.66. The number of aromatic nitrogens is 2. The quantitative estimate of drug-likeness (QED) is 0.444. The second-order valence-corrected chi connectivity index (χ2v) is 8.86. The van der Waals surface area contributed by atoms with Crippen molar-refractivity contribution in [3.05, 3.63) is 95.3 Å². The standard InChI is InChI=1S/C28H24FN5O3/c29-20-10-11-22(23(17-20)34-12-14-36-15-13-34)27-32-33-28(37-27)31-26-24(35)16-19-8-4-5-9-21(19)25(30-26)18-6-2-1-3-7-18/h1-11,17,26H,12-16H2,(H,31,33). The SMILES string of the molecule is O=C1Cc2ccccc2C(c2ccccc2)=NC1Nc1nnc(-c2ccc(F)cc2N2CCOCC2)o1. The first-order valence-electron chi connectivity index (χ1n) is 12.1. The molecule has 1 fully saturated rings. The molecule has 9 heteroatoms. The summed E-state index contributed by atoms with van der Waals surface area (Å²) in [5.74, 6) is -0.246. The molecule has 1 unspecified atom stereocenters. The average Bonchev–Trinajstić information content (AvgIpc) is 3.35. The van der Waals surface area contributed by atoms with E-state index in [1.54, 1.807) is 6.07 Å². The monoisotopic (exact) mass is 497 g/mol. The van der Waals surface area contributed by atoms with Crippen molar-refractivity contribution in [2.24, 2.45) is 4.99 Å². The summed E-state index contributed by atoms with van der Waals surface area (Å²) in [5.41, 5.74) is 4.71. The number of ether oxygens (including phenoxy) is 1. The van der Waals surface area contributed by atoms with Gasteiger partial charge in [-0.25, -0.2) is 4.39 Å². The van der Waals surface area contributed by atoms with E-state index >= 15 is 0 Å². The van der Waals surface area contributed by atoms with Crippen LogP contribution in [0.25, 0.3) is 11.5 Å². The van der Waals surface area contributed by atoms with Crippen molar-refractivity contribution in [1.82, 2.24) is 10.2 Å². The van der Waals surface area contributed by atoms with E-state index in [1.807, 2.05) is 59.5 Å². The molecule has 0 aliphatic carbocycles. The Morgan fingerprint density at radius 3 is 2.54 bits per heavy atom. The van der Waals surface area contributed by atoms with E-state index in [2.05, 4.69) is 15.5 Å². The van der Waals surface area contributed by atoms with Crippen molar-refractivity contribution in [1.29, 1.82) is 0 Å². The number of benzene rings is 3. The highest BCUT2D eigenvalue weighted by Crippen LogP contribution is 2.32. The van der Waals surface area contributed by atoms with Gasteiger partial charge in [0.2, 0.25) is 0 Å². The smallest absolute Gasteiger partial charge is 0.317 e. The fraction of sp³-hybridized carbons (Fsp3) is 0.214. The largest absolute Gasteiger partial charge is 0.403 e. The number of hydrogen-bond acceptors (Lipinski definition) is 8. The number of Topliss-reactive ketones (excluding diaryl/α,β-unsaturated/α-hetero) is 1. The molecule has 0 spiro atoms. The van der Waals surface area contributed by atoms with E-state index in [-0.39, 0.29) is 29.9 Å². The van der Waals surface area contributed by atoms with E-state index in [9.17, 15) is 9.18 Å². The molecule has 1 aromatic heterocycles. The maximum atomic E-state index is 14.1. The summed E-state index contributed by atoms with van der Waals surface area (Å²) in [6.45, 7) is 2.37. The lowest BCUT2D eigenvalue weighted by Gasteiger charge is -2.30. The van der Waals surface area contributed by atoms with Gasteiger partial charge in [0.25, 0.3) is 5.89 Å². The highest BCUT2D eigenvalue weighted by molar-refractivity contribution is 6.16. The predicted octanol–water partition coefficient (Wildman–Crippen LogP) is 4.11. The first-order chi connectivity index (χ1) is 18.2. The van der Waals surface area contributed by atoms with Gasteiger partial charge in [-0.3, -0.25) is 9.79 Å². The van der Waals surface area contributed by atoms with Gasteiger partial charge in [0, 0.05) is 30.6 Å². The highest BCUT2D eigenvalue weighted by atomic mass is 19.1. The number of ketones is 1. The summed E-state index contributed by atoms with van der Waals surface area (Å²) in [6, 6.07) is 22.0. The summed E-state index contributed by atoms with van der Waals surface area (Å²) >= 11 is 0. The first-order valence-corrected chi connectivity index (χ1v) is 12.1. The molecular formula is C28H24FN5O3. The number of halogens is 1. The molecule has 2 aliphatic heterocycles. The van der Waals surface area contributed by atoms with Gasteiger partial charge in [-0.2, -0.15) is 0 Å². The topological polar surface area (TPSA) is 92.9 Å². The molecule has 6 rings (SSSR count). The van der Waals surface area contributed by atoms with Crippen LogP contribution in [-0.4, -0.2) is 54.2 Å². The maximum absolute atomic E-state index is 14.1. The predicted molar refractivity (Wildman–Crippen MR) is 137 cm³/mol. The van der Waals surface area contributed by atoms with Gasteiger partial charge in [-0.05, 0) is 23.8 Å². The molecule has 0 saturated carbocycles. The van der Waals surface area contributed by atoms with Crippen molar-refractivity contribution in [2.75, 3.05) is 36.5 Å². The maximum Gasteiger partial charge on any atom is 0.317 e. The highest BCUT2D eigenvalue weighted by Gasteiger charge is 2.28. The van der Waals surface area contributed by atoms with Gasteiger partial charge in [-0.15, -0.1) is 5.10 Å². The van der Waals surface area contributed by atoms with E-state index < -0.39 is 6.17 Å². The van der Waals surface area contributed by atoms with Gasteiger partial charge in [0.1, 0.15) is 5.82 Å². The van der Waals surface area contributed by atoms with Gasteiger partial charge < -0.3 is 19.4 Å². The van der Waals surface area contributed by atoms with Crippen molar-refractivity contribution in [3.63, 3.8) is 0 Å². The first kappa shape index (κ1) is 23.1. The third-order valence-corrected chi connectivity index (χ3v) is 6.47. The molecule has 1 N–H and O–H groups in total. The summed E-state index contributed by atoms with van der Waals surface area (Å²) in [4.78, 5) is 20.0. The number of anilines is 2. The molecule has 186 valence electrons. The molecule has 0 amide bonds. The van der Waals surface area contributed by atoms with Crippen LogP contribution in [0.5, 0.6) is 0 Å². The molecule has 0 bridgehead atoms. The third-order valence-electron chi connectivity index (χ3n) is 6.47. The zero-order chi connectivity index (χ0) is 25.2. The van der Waals surface area contributed by atoms with Crippen molar-refractivity contribution >= 4 is 23.2 Å². The molecule has 1 atom stereocenters. The number of aliphatic imine (C=N–C) groups is 1. The number of morpholine rings is 1. The zero-order valence-electron chi connectivity index (χ0n) is 19.9.